The van der Waals surface area contributed by atoms with Crippen molar-refractivity contribution in [3.05, 3.63) is 22.7 Å². The second-order valence-corrected chi connectivity index (χ2v) is 6.37. The summed E-state index contributed by atoms with van der Waals surface area (Å²) < 4.78 is 5.08. The molecule has 0 spiro atoms. The van der Waals surface area contributed by atoms with Crippen LogP contribution in [0, 0.1) is 5.92 Å². The highest BCUT2D eigenvalue weighted by Crippen LogP contribution is 2.40. The quantitative estimate of drug-likeness (QED) is 0.833. The SMILES string of the molecule is Nc1cc2oc(=O)[nH]c2cc1N1CCCC1C1CCCC1. The van der Waals surface area contributed by atoms with Gasteiger partial charge in [0.05, 0.1) is 16.9 Å². The Balaban J connectivity index is 1.73. The van der Waals surface area contributed by atoms with E-state index in [0.717, 1.165) is 23.7 Å². The van der Waals surface area contributed by atoms with Crippen molar-refractivity contribution in [2.75, 3.05) is 17.2 Å². The molecule has 5 heteroatoms. The minimum Gasteiger partial charge on any atom is -0.408 e. The van der Waals surface area contributed by atoms with Crippen molar-refractivity contribution in [2.45, 2.75) is 44.6 Å². The van der Waals surface area contributed by atoms with Crippen molar-refractivity contribution in [2.24, 2.45) is 5.92 Å². The lowest BCUT2D eigenvalue weighted by atomic mass is 9.95. The molecule has 1 aliphatic heterocycles. The molecule has 1 saturated heterocycles. The Morgan fingerprint density at radius 2 is 2.00 bits per heavy atom. The molecule has 2 heterocycles. The van der Waals surface area contributed by atoms with E-state index in [1.165, 1.54) is 38.5 Å². The number of nitrogens with one attached hydrogen (secondary N) is 1. The highest BCUT2D eigenvalue weighted by Gasteiger charge is 2.34. The summed E-state index contributed by atoms with van der Waals surface area (Å²) in [4.78, 5) is 16.5. The number of oxazole rings is 1. The molecule has 1 saturated carbocycles. The molecule has 1 atom stereocenters. The third-order valence-electron chi connectivity index (χ3n) is 5.12. The molecular weight excluding hydrogens is 266 g/mol. The zero-order valence-corrected chi connectivity index (χ0v) is 12.1. The number of nitrogen functional groups attached to an aromatic ring is 1. The third-order valence-corrected chi connectivity index (χ3v) is 5.12. The monoisotopic (exact) mass is 287 g/mol. The fraction of sp³-hybridized carbons (Fsp3) is 0.562. The van der Waals surface area contributed by atoms with Gasteiger partial charge in [-0.05, 0) is 37.7 Å². The van der Waals surface area contributed by atoms with Crippen LogP contribution in [0.2, 0.25) is 0 Å². The molecule has 112 valence electrons. The Kier molecular flexibility index (Phi) is 2.94. The third kappa shape index (κ3) is 2.11. The van der Waals surface area contributed by atoms with Crippen LogP contribution >= 0.6 is 0 Å². The van der Waals surface area contributed by atoms with Crippen LogP contribution < -0.4 is 16.4 Å². The molecule has 5 nitrogen and oxygen atoms in total. The van der Waals surface area contributed by atoms with Crippen LogP contribution in [-0.2, 0) is 0 Å². The summed E-state index contributed by atoms with van der Waals surface area (Å²) in [7, 11) is 0. The molecule has 0 radical (unpaired) electrons. The van der Waals surface area contributed by atoms with E-state index in [4.69, 9.17) is 10.2 Å². The average molecular weight is 287 g/mol. The Morgan fingerprint density at radius 3 is 2.81 bits per heavy atom. The molecule has 1 aromatic carbocycles. The number of rotatable bonds is 2. The van der Waals surface area contributed by atoms with Crippen molar-refractivity contribution in [1.82, 2.24) is 4.98 Å². The van der Waals surface area contributed by atoms with Crippen molar-refractivity contribution in [3.63, 3.8) is 0 Å². The fourth-order valence-electron chi connectivity index (χ4n) is 4.17. The highest BCUT2D eigenvalue weighted by atomic mass is 16.4. The lowest BCUT2D eigenvalue weighted by molar-refractivity contribution is 0.431. The van der Waals surface area contributed by atoms with Gasteiger partial charge in [-0.25, -0.2) is 4.79 Å². The largest absolute Gasteiger partial charge is 0.417 e. The molecule has 21 heavy (non-hydrogen) atoms. The average Bonchev–Trinajstić information content (AvgIpc) is 3.16. The summed E-state index contributed by atoms with van der Waals surface area (Å²) in [5.41, 5.74) is 9.25. The minimum absolute atomic E-state index is 0.421. The normalized spacial score (nSPS) is 23.4. The van der Waals surface area contributed by atoms with E-state index in [0.29, 0.717) is 17.3 Å². The van der Waals surface area contributed by atoms with Crippen LogP contribution in [0.5, 0.6) is 0 Å². The number of nitrogens with zero attached hydrogens (tertiary/aromatic N) is 1. The van der Waals surface area contributed by atoms with E-state index in [1.807, 2.05) is 6.07 Å². The summed E-state index contributed by atoms with van der Waals surface area (Å²) in [6, 6.07) is 4.35. The van der Waals surface area contributed by atoms with Gasteiger partial charge in [-0.2, -0.15) is 0 Å². The zero-order chi connectivity index (χ0) is 14.4. The van der Waals surface area contributed by atoms with Gasteiger partial charge in [0, 0.05) is 18.7 Å². The number of anilines is 2. The molecule has 1 aliphatic carbocycles. The van der Waals surface area contributed by atoms with Gasteiger partial charge >= 0.3 is 5.76 Å². The molecule has 0 amide bonds. The number of nitrogens with two attached hydrogens (primary N) is 1. The molecule has 0 bridgehead atoms. The first kappa shape index (κ1) is 12.8. The number of benzene rings is 1. The van der Waals surface area contributed by atoms with Gasteiger partial charge in [0.15, 0.2) is 5.58 Å². The molecular formula is C16H21N3O2. The first-order valence-corrected chi connectivity index (χ1v) is 7.91. The first-order chi connectivity index (χ1) is 10.2. The maximum atomic E-state index is 11.3. The van der Waals surface area contributed by atoms with Crippen molar-refractivity contribution in [1.29, 1.82) is 0 Å². The Hall–Kier alpha value is -1.91. The Labute approximate surface area is 123 Å². The predicted octanol–water partition coefficient (Wildman–Crippen LogP) is 2.86. The maximum Gasteiger partial charge on any atom is 0.417 e. The second-order valence-electron chi connectivity index (χ2n) is 6.37. The topological polar surface area (TPSA) is 75.3 Å². The predicted molar refractivity (Wildman–Crippen MR) is 83.6 cm³/mol. The highest BCUT2D eigenvalue weighted by molar-refractivity contribution is 5.85. The summed E-state index contributed by atoms with van der Waals surface area (Å²) in [5.74, 6) is 0.376. The van der Waals surface area contributed by atoms with Gasteiger partial charge in [-0.15, -0.1) is 0 Å². The van der Waals surface area contributed by atoms with E-state index in [2.05, 4.69) is 9.88 Å². The number of aromatic nitrogens is 1. The summed E-state index contributed by atoms with van der Waals surface area (Å²) in [6.45, 7) is 1.05. The molecule has 2 aromatic rings. The van der Waals surface area contributed by atoms with E-state index in [-0.39, 0.29) is 0 Å². The van der Waals surface area contributed by atoms with E-state index in [1.54, 1.807) is 6.07 Å². The van der Waals surface area contributed by atoms with Gasteiger partial charge in [0.2, 0.25) is 0 Å². The number of H-pyrrole nitrogens is 1. The van der Waals surface area contributed by atoms with Gasteiger partial charge in [-0.1, -0.05) is 12.8 Å². The molecule has 2 fully saturated rings. The standard InChI is InChI=1S/C16H21N3O2/c17-11-8-15-12(18-16(20)21-15)9-14(11)19-7-3-6-13(19)10-4-1-2-5-10/h8-10,13H,1-7,17H2,(H,18,20). The van der Waals surface area contributed by atoms with E-state index < -0.39 is 5.76 Å². The molecule has 3 N–H and O–H groups in total. The molecule has 4 rings (SSSR count). The van der Waals surface area contributed by atoms with Gasteiger partial charge < -0.3 is 15.1 Å². The van der Waals surface area contributed by atoms with Crippen molar-refractivity contribution < 1.29 is 4.42 Å². The Bertz CT molecular complexity index is 712. The van der Waals surface area contributed by atoms with Crippen LogP contribution in [0.15, 0.2) is 21.3 Å². The van der Waals surface area contributed by atoms with Crippen LogP contribution in [0.3, 0.4) is 0 Å². The van der Waals surface area contributed by atoms with E-state index >= 15 is 0 Å². The van der Waals surface area contributed by atoms with Crippen molar-refractivity contribution in [3.8, 4) is 0 Å². The molecule has 1 aromatic heterocycles. The van der Waals surface area contributed by atoms with E-state index in [9.17, 15) is 4.79 Å². The number of hydrogen-bond donors (Lipinski definition) is 2. The van der Waals surface area contributed by atoms with Crippen molar-refractivity contribution >= 4 is 22.5 Å². The van der Waals surface area contributed by atoms with Gasteiger partial charge in [0.25, 0.3) is 0 Å². The number of aromatic amines is 1. The van der Waals surface area contributed by atoms with Crippen LogP contribution in [0.25, 0.3) is 11.1 Å². The summed E-state index contributed by atoms with van der Waals surface area (Å²) >= 11 is 0. The zero-order valence-electron chi connectivity index (χ0n) is 12.1. The maximum absolute atomic E-state index is 11.3. The summed E-state index contributed by atoms with van der Waals surface area (Å²) in [6.07, 6.45) is 7.87. The smallest absolute Gasteiger partial charge is 0.408 e. The first-order valence-electron chi connectivity index (χ1n) is 7.91. The van der Waals surface area contributed by atoms with Gasteiger partial charge in [0.1, 0.15) is 0 Å². The summed E-state index contributed by atoms with van der Waals surface area (Å²) in [5, 5.41) is 0. The molecule has 1 unspecified atom stereocenters. The lowest BCUT2D eigenvalue weighted by Gasteiger charge is -2.32. The number of hydrogen-bond acceptors (Lipinski definition) is 4. The van der Waals surface area contributed by atoms with Crippen LogP contribution in [0.4, 0.5) is 11.4 Å². The molecule has 2 aliphatic rings. The number of fused-ring (bicyclic) bond motifs is 1. The van der Waals surface area contributed by atoms with Gasteiger partial charge in [-0.3, -0.25) is 4.98 Å². The minimum atomic E-state index is -0.421. The van der Waals surface area contributed by atoms with Crippen LogP contribution in [0.1, 0.15) is 38.5 Å². The second kappa shape index (κ2) is 4.83. The fourth-order valence-corrected chi connectivity index (χ4v) is 4.17. The van der Waals surface area contributed by atoms with Crippen LogP contribution in [-0.4, -0.2) is 17.6 Å². The Morgan fingerprint density at radius 1 is 1.19 bits per heavy atom. The lowest BCUT2D eigenvalue weighted by Crippen LogP contribution is -2.35.